The van der Waals surface area contributed by atoms with E-state index in [-0.39, 0.29) is 17.9 Å². The molecule has 0 aliphatic rings. The predicted octanol–water partition coefficient (Wildman–Crippen LogP) is 3.71. The Labute approximate surface area is 83.2 Å². The van der Waals surface area contributed by atoms with Crippen molar-refractivity contribution in [1.29, 1.82) is 0 Å². The van der Waals surface area contributed by atoms with Crippen LogP contribution in [0.4, 0.5) is 8.78 Å². The molecular formula is C11H15F2N. The molecule has 0 fully saturated rings. The van der Waals surface area contributed by atoms with Gasteiger partial charge >= 0.3 is 0 Å². The molecule has 1 nitrogen and oxygen atoms in total. The van der Waals surface area contributed by atoms with E-state index >= 15 is 0 Å². The van der Waals surface area contributed by atoms with Gasteiger partial charge in [0.1, 0.15) is 0 Å². The summed E-state index contributed by atoms with van der Waals surface area (Å²) in [5, 5.41) is 0. The van der Waals surface area contributed by atoms with Crippen molar-refractivity contribution in [3.8, 4) is 0 Å². The molecule has 0 radical (unpaired) electrons. The zero-order valence-corrected chi connectivity index (χ0v) is 8.72. The summed E-state index contributed by atoms with van der Waals surface area (Å²) in [6.07, 6.45) is 2.78. The summed E-state index contributed by atoms with van der Waals surface area (Å²) in [5.74, 6) is -2.65. The lowest BCUT2D eigenvalue weighted by Gasteiger charge is -2.19. The first-order valence-corrected chi connectivity index (χ1v) is 4.81. The Morgan fingerprint density at radius 3 is 2.57 bits per heavy atom. The Balaban J connectivity index is 3.20. The second-order valence-corrected chi connectivity index (χ2v) is 3.68. The minimum Gasteiger partial charge on any atom is -0.264 e. The first kappa shape index (κ1) is 11.1. The van der Waals surface area contributed by atoms with Crippen molar-refractivity contribution in [3.63, 3.8) is 0 Å². The fourth-order valence-corrected chi connectivity index (χ4v) is 1.39. The van der Waals surface area contributed by atoms with Crippen LogP contribution in [-0.4, -0.2) is 4.98 Å². The highest BCUT2D eigenvalue weighted by Gasteiger charge is 2.31. The SMILES string of the molecule is CCC(F)(F)c1ccncc1C(C)C. The Bertz CT molecular complexity index is 308. The maximum Gasteiger partial charge on any atom is 0.273 e. The van der Waals surface area contributed by atoms with Gasteiger partial charge in [0.25, 0.3) is 5.92 Å². The number of nitrogens with zero attached hydrogens (tertiary/aromatic N) is 1. The van der Waals surface area contributed by atoms with Crippen molar-refractivity contribution in [2.24, 2.45) is 0 Å². The average molecular weight is 199 g/mol. The van der Waals surface area contributed by atoms with Crippen molar-refractivity contribution >= 4 is 0 Å². The highest BCUT2D eigenvalue weighted by Crippen LogP contribution is 2.35. The molecule has 0 aliphatic carbocycles. The molecule has 0 aromatic carbocycles. The van der Waals surface area contributed by atoms with Crippen molar-refractivity contribution in [3.05, 3.63) is 29.6 Å². The molecule has 1 heterocycles. The molecule has 1 aromatic rings. The fraction of sp³-hybridized carbons (Fsp3) is 0.545. The molecule has 0 saturated heterocycles. The van der Waals surface area contributed by atoms with Gasteiger partial charge in [-0.05, 0) is 17.5 Å². The summed E-state index contributed by atoms with van der Waals surface area (Å²) >= 11 is 0. The standard InChI is InChI=1S/C11H15F2N/c1-4-11(12,13)10-5-6-14-7-9(10)8(2)3/h5-8H,4H2,1-3H3. The van der Waals surface area contributed by atoms with Gasteiger partial charge in [-0.3, -0.25) is 4.98 Å². The maximum absolute atomic E-state index is 13.5. The Morgan fingerprint density at radius 2 is 2.07 bits per heavy atom. The van der Waals surface area contributed by atoms with Crippen LogP contribution in [-0.2, 0) is 5.92 Å². The van der Waals surface area contributed by atoms with Crippen molar-refractivity contribution < 1.29 is 8.78 Å². The summed E-state index contributed by atoms with van der Waals surface area (Å²) in [6.45, 7) is 5.28. The molecule has 3 heteroatoms. The Morgan fingerprint density at radius 1 is 1.43 bits per heavy atom. The summed E-state index contributed by atoms with van der Waals surface area (Å²) in [7, 11) is 0. The largest absolute Gasteiger partial charge is 0.273 e. The summed E-state index contributed by atoms with van der Waals surface area (Å²) in [4.78, 5) is 3.88. The molecule has 1 rings (SSSR count). The van der Waals surface area contributed by atoms with E-state index in [9.17, 15) is 8.78 Å². The van der Waals surface area contributed by atoms with Gasteiger partial charge < -0.3 is 0 Å². The second kappa shape index (κ2) is 4.03. The van der Waals surface area contributed by atoms with E-state index in [4.69, 9.17) is 0 Å². The molecule has 0 N–H and O–H groups in total. The third kappa shape index (κ3) is 2.08. The Hall–Kier alpha value is -0.990. The lowest BCUT2D eigenvalue weighted by Crippen LogP contribution is -2.15. The summed E-state index contributed by atoms with van der Waals surface area (Å²) in [6, 6.07) is 1.42. The molecule has 0 aliphatic heterocycles. The summed E-state index contributed by atoms with van der Waals surface area (Å²) in [5.41, 5.74) is 0.754. The minimum atomic E-state index is -2.73. The zero-order valence-electron chi connectivity index (χ0n) is 8.72. The molecular weight excluding hydrogens is 184 g/mol. The van der Waals surface area contributed by atoms with Gasteiger partial charge in [0, 0.05) is 24.4 Å². The Kier molecular flexibility index (Phi) is 3.19. The third-order valence-electron chi connectivity index (χ3n) is 2.31. The van der Waals surface area contributed by atoms with E-state index < -0.39 is 5.92 Å². The van der Waals surface area contributed by atoms with Crippen molar-refractivity contribution in [1.82, 2.24) is 4.98 Å². The van der Waals surface area contributed by atoms with Crippen LogP contribution in [0.1, 0.15) is 44.2 Å². The lowest BCUT2D eigenvalue weighted by molar-refractivity contribution is -0.00946. The lowest BCUT2D eigenvalue weighted by atomic mass is 9.94. The van der Waals surface area contributed by atoms with Crippen LogP contribution in [0, 0.1) is 0 Å². The number of rotatable bonds is 3. The quantitative estimate of drug-likeness (QED) is 0.723. The highest BCUT2D eigenvalue weighted by molar-refractivity contribution is 5.30. The predicted molar refractivity (Wildman–Crippen MR) is 52.5 cm³/mol. The van der Waals surface area contributed by atoms with Crippen LogP contribution < -0.4 is 0 Å². The van der Waals surface area contributed by atoms with Crippen LogP contribution in [0.3, 0.4) is 0 Å². The maximum atomic E-state index is 13.5. The number of aromatic nitrogens is 1. The molecule has 0 spiro atoms. The van der Waals surface area contributed by atoms with Gasteiger partial charge in [-0.1, -0.05) is 20.8 Å². The normalized spacial score (nSPS) is 12.1. The smallest absolute Gasteiger partial charge is 0.264 e. The molecule has 0 atom stereocenters. The number of hydrogen-bond donors (Lipinski definition) is 0. The monoisotopic (exact) mass is 199 g/mol. The van der Waals surface area contributed by atoms with Gasteiger partial charge in [0.15, 0.2) is 0 Å². The van der Waals surface area contributed by atoms with Crippen LogP contribution in [0.15, 0.2) is 18.5 Å². The van der Waals surface area contributed by atoms with Crippen LogP contribution >= 0.6 is 0 Å². The van der Waals surface area contributed by atoms with Crippen molar-refractivity contribution in [2.75, 3.05) is 0 Å². The number of hydrogen-bond acceptors (Lipinski definition) is 1. The van der Waals surface area contributed by atoms with E-state index in [1.807, 2.05) is 13.8 Å². The van der Waals surface area contributed by atoms with E-state index in [1.54, 1.807) is 0 Å². The van der Waals surface area contributed by atoms with Gasteiger partial charge in [-0.15, -0.1) is 0 Å². The van der Waals surface area contributed by atoms with Gasteiger partial charge in [0.2, 0.25) is 0 Å². The second-order valence-electron chi connectivity index (χ2n) is 3.68. The molecule has 1 aromatic heterocycles. The van der Waals surface area contributed by atoms with Crippen molar-refractivity contribution in [2.45, 2.75) is 39.0 Å². The van der Waals surface area contributed by atoms with E-state index in [0.717, 1.165) is 0 Å². The molecule has 0 unspecified atom stereocenters. The number of alkyl halides is 2. The van der Waals surface area contributed by atoms with Gasteiger partial charge in [0.05, 0.1) is 0 Å². The zero-order chi connectivity index (χ0) is 10.8. The average Bonchev–Trinajstić information content (AvgIpc) is 2.18. The number of pyridine rings is 1. The minimum absolute atomic E-state index is 0.0797. The molecule has 14 heavy (non-hydrogen) atoms. The van der Waals surface area contributed by atoms with Crippen LogP contribution in [0.5, 0.6) is 0 Å². The van der Waals surface area contributed by atoms with E-state index in [0.29, 0.717) is 5.56 Å². The van der Waals surface area contributed by atoms with E-state index in [1.165, 1.54) is 25.4 Å². The summed E-state index contributed by atoms with van der Waals surface area (Å²) < 4.78 is 27.0. The first-order valence-electron chi connectivity index (χ1n) is 4.81. The topological polar surface area (TPSA) is 12.9 Å². The molecule has 0 saturated carbocycles. The van der Waals surface area contributed by atoms with Crippen LogP contribution in [0.25, 0.3) is 0 Å². The molecule has 0 bridgehead atoms. The van der Waals surface area contributed by atoms with E-state index in [2.05, 4.69) is 4.98 Å². The van der Waals surface area contributed by atoms with Crippen LogP contribution in [0.2, 0.25) is 0 Å². The highest BCUT2D eigenvalue weighted by atomic mass is 19.3. The van der Waals surface area contributed by atoms with Gasteiger partial charge in [-0.25, -0.2) is 8.78 Å². The van der Waals surface area contributed by atoms with Gasteiger partial charge in [-0.2, -0.15) is 0 Å². The number of halogens is 2. The molecule has 0 amide bonds. The third-order valence-corrected chi connectivity index (χ3v) is 2.31. The fourth-order valence-electron chi connectivity index (χ4n) is 1.39. The first-order chi connectivity index (χ1) is 6.49. The molecule has 78 valence electrons.